The Morgan fingerprint density at radius 2 is 1.85 bits per heavy atom. The smallest absolute Gasteiger partial charge is 0.322 e. The summed E-state index contributed by atoms with van der Waals surface area (Å²) in [4.78, 5) is 32.7. The largest absolute Gasteiger partial charge is 0.494 e. The second-order valence-corrected chi connectivity index (χ2v) is 13.1. The van der Waals surface area contributed by atoms with Crippen molar-refractivity contribution in [2.45, 2.75) is 76.1 Å². The van der Waals surface area contributed by atoms with Crippen LogP contribution in [-0.2, 0) is 11.3 Å². The molecule has 0 bridgehead atoms. The van der Waals surface area contributed by atoms with E-state index < -0.39 is 0 Å². The van der Waals surface area contributed by atoms with Crippen molar-refractivity contribution in [2.24, 2.45) is 5.92 Å². The van der Waals surface area contributed by atoms with Crippen LogP contribution >= 0.6 is 11.8 Å². The number of nitrogens with one attached hydrogen (secondary N) is 1. The molecule has 216 valence electrons. The summed E-state index contributed by atoms with van der Waals surface area (Å²) in [5.74, 6) is 1.81. The molecule has 2 saturated heterocycles. The third-order valence-electron chi connectivity index (χ3n) is 8.24. The molecule has 0 aliphatic carbocycles. The molecule has 0 saturated carbocycles. The Morgan fingerprint density at radius 3 is 2.58 bits per heavy atom. The van der Waals surface area contributed by atoms with E-state index in [1.54, 1.807) is 0 Å². The van der Waals surface area contributed by atoms with Crippen LogP contribution < -0.4 is 10.1 Å². The fourth-order valence-electron chi connectivity index (χ4n) is 5.92. The van der Waals surface area contributed by atoms with E-state index in [2.05, 4.69) is 61.3 Å². The summed E-state index contributed by atoms with van der Waals surface area (Å²) in [7, 11) is 0. The fraction of sp³-hybridized carbons (Fsp3) is 0.562. The molecule has 2 atom stereocenters. The minimum Gasteiger partial charge on any atom is -0.494 e. The summed E-state index contributed by atoms with van der Waals surface area (Å²) in [6, 6.07) is 16.7. The molecule has 0 radical (unpaired) electrons. The summed E-state index contributed by atoms with van der Waals surface area (Å²) in [6.45, 7) is 11.4. The molecular formula is C32H44N4O3S. The lowest BCUT2D eigenvalue weighted by atomic mass is 10.0. The number of para-hydroxylation sites is 1. The van der Waals surface area contributed by atoms with Gasteiger partial charge in [0.1, 0.15) is 5.75 Å². The van der Waals surface area contributed by atoms with E-state index >= 15 is 0 Å². The van der Waals surface area contributed by atoms with Gasteiger partial charge in [-0.25, -0.2) is 4.79 Å². The number of rotatable bonds is 10. The van der Waals surface area contributed by atoms with E-state index in [1.807, 2.05) is 39.8 Å². The molecular weight excluding hydrogens is 520 g/mol. The Hall–Kier alpha value is -2.71. The lowest BCUT2D eigenvalue weighted by molar-refractivity contribution is -0.132. The van der Waals surface area contributed by atoms with E-state index in [1.165, 1.54) is 5.56 Å². The highest BCUT2D eigenvalue weighted by Crippen LogP contribution is 2.44. The van der Waals surface area contributed by atoms with Crippen molar-refractivity contribution in [1.29, 1.82) is 0 Å². The topological polar surface area (TPSA) is 65.1 Å². The number of piperidine rings is 1. The second-order valence-electron chi connectivity index (χ2n) is 11.7. The van der Waals surface area contributed by atoms with E-state index in [0.29, 0.717) is 32.0 Å². The van der Waals surface area contributed by atoms with Crippen LogP contribution in [0.4, 0.5) is 10.5 Å². The lowest BCUT2D eigenvalue weighted by Crippen LogP contribution is -2.51. The SMILES string of the molecule is CCCOc1ccc(C2SC(CC(=O)N3CCC(N4Cc5ccccc5NC4=O)CC3)CN2CCC(C)C)cc1. The van der Waals surface area contributed by atoms with Gasteiger partial charge in [0.05, 0.1) is 12.0 Å². The van der Waals surface area contributed by atoms with Gasteiger partial charge in [0.2, 0.25) is 5.91 Å². The maximum atomic E-state index is 13.4. The zero-order valence-corrected chi connectivity index (χ0v) is 25.0. The van der Waals surface area contributed by atoms with Gasteiger partial charge in [-0.3, -0.25) is 9.69 Å². The Labute approximate surface area is 243 Å². The van der Waals surface area contributed by atoms with Gasteiger partial charge >= 0.3 is 6.03 Å². The van der Waals surface area contributed by atoms with Gasteiger partial charge in [-0.15, -0.1) is 11.8 Å². The van der Waals surface area contributed by atoms with Crippen LogP contribution in [-0.4, -0.2) is 70.7 Å². The van der Waals surface area contributed by atoms with Gasteiger partial charge in [-0.2, -0.15) is 0 Å². The van der Waals surface area contributed by atoms with Crippen LogP contribution in [0, 0.1) is 5.92 Å². The molecule has 8 heteroatoms. The second kappa shape index (κ2) is 13.3. The van der Waals surface area contributed by atoms with Crippen LogP contribution in [0.2, 0.25) is 0 Å². The first kappa shape index (κ1) is 28.8. The predicted octanol–water partition coefficient (Wildman–Crippen LogP) is 6.37. The quantitative estimate of drug-likeness (QED) is 0.364. The first-order chi connectivity index (χ1) is 19.4. The molecule has 0 aromatic heterocycles. The number of hydrogen-bond acceptors (Lipinski definition) is 5. The van der Waals surface area contributed by atoms with Crippen molar-refractivity contribution in [3.8, 4) is 5.75 Å². The summed E-state index contributed by atoms with van der Waals surface area (Å²) in [5, 5.41) is 3.58. The van der Waals surface area contributed by atoms with Crippen molar-refractivity contribution in [1.82, 2.24) is 14.7 Å². The molecule has 2 aromatic rings. The van der Waals surface area contributed by atoms with Gasteiger partial charge in [0.15, 0.2) is 0 Å². The molecule has 40 heavy (non-hydrogen) atoms. The van der Waals surface area contributed by atoms with E-state index in [9.17, 15) is 9.59 Å². The number of fused-ring (bicyclic) bond motifs is 1. The average Bonchev–Trinajstić information content (AvgIpc) is 3.37. The van der Waals surface area contributed by atoms with Crippen molar-refractivity contribution < 1.29 is 14.3 Å². The Balaban J connectivity index is 1.15. The Kier molecular flexibility index (Phi) is 9.58. The molecule has 0 spiro atoms. The van der Waals surface area contributed by atoms with Crippen molar-refractivity contribution in [3.63, 3.8) is 0 Å². The number of thioether (sulfide) groups is 1. The third kappa shape index (κ3) is 6.95. The highest BCUT2D eigenvalue weighted by molar-refractivity contribution is 8.00. The highest BCUT2D eigenvalue weighted by Gasteiger charge is 2.37. The standard InChI is InChI=1S/C32H44N4O3S/c1-4-19-39-27-11-9-24(10-12-27)31-35(16-13-23(2)3)22-28(40-31)20-30(37)34-17-14-26(15-18-34)36-21-25-7-5-6-8-29(25)33-32(36)38/h5-12,23,26,28,31H,4,13-22H2,1-3H3,(H,33,38). The Morgan fingerprint density at radius 1 is 1.10 bits per heavy atom. The predicted molar refractivity (Wildman–Crippen MR) is 163 cm³/mol. The van der Waals surface area contributed by atoms with Crippen molar-refractivity contribution >= 4 is 29.4 Å². The van der Waals surface area contributed by atoms with Crippen LogP contribution in [0.1, 0.15) is 69.4 Å². The van der Waals surface area contributed by atoms with Gasteiger partial charge < -0.3 is 19.9 Å². The molecule has 5 rings (SSSR count). The minimum atomic E-state index is -0.0247. The van der Waals surface area contributed by atoms with E-state index in [0.717, 1.165) is 62.4 Å². The van der Waals surface area contributed by atoms with Crippen LogP contribution in [0.3, 0.4) is 0 Å². The minimum absolute atomic E-state index is 0.0247. The summed E-state index contributed by atoms with van der Waals surface area (Å²) >= 11 is 1.93. The summed E-state index contributed by atoms with van der Waals surface area (Å²) in [5.41, 5.74) is 3.35. The average molecular weight is 565 g/mol. The number of hydrogen-bond donors (Lipinski definition) is 1. The van der Waals surface area contributed by atoms with Gasteiger partial charge in [0.25, 0.3) is 0 Å². The van der Waals surface area contributed by atoms with Crippen LogP contribution in [0.25, 0.3) is 0 Å². The van der Waals surface area contributed by atoms with Crippen molar-refractivity contribution in [3.05, 3.63) is 59.7 Å². The van der Waals surface area contributed by atoms with E-state index in [4.69, 9.17) is 4.74 Å². The molecule has 2 aromatic carbocycles. The number of likely N-dealkylation sites (tertiary alicyclic amines) is 1. The maximum absolute atomic E-state index is 13.4. The van der Waals surface area contributed by atoms with Gasteiger partial charge in [0, 0.05) is 49.6 Å². The maximum Gasteiger partial charge on any atom is 0.322 e. The number of ether oxygens (including phenoxy) is 1. The number of carbonyl (C=O) groups is 2. The lowest BCUT2D eigenvalue weighted by Gasteiger charge is -2.40. The number of anilines is 1. The molecule has 3 amide bonds. The number of amides is 3. The number of benzene rings is 2. The summed E-state index contributed by atoms with van der Waals surface area (Å²) < 4.78 is 5.79. The molecule has 7 nitrogen and oxygen atoms in total. The molecule has 2 unspecified atom stereocenters. The first-order valence-corrected chi connectivity index (χ1v) is 15.9. The van der Waals surface area contributed by atoms with Gasteiger partial charge in [-0.05, 0) is 67.5 Å². The fourth-order valence-corrected chi connectivity index (χ4v) is 7.48. The number of nitrogens with zero attached hydrogens (tertiary/aromatic N) is 3. The van der Waals surface area contributed by atoms with Crippen LogP contribution in [0.15, 0.2) is 48.5 Å². The third-order valence-corrected chi connectivity index (χ3v) is 9.77. The molecule has 3 aliphatic rings. The number of urea groups is 1. The zero-order valence-electron chi connectivity index (χ0n) is 24.2. The Bertz CT molecular complexity index is 1150. The number of carbonyl (C=O) groups excluding carboxylic acids is 2. The van der Waals surface area contributed by atoms with Gasteiger partial charge in [-0.1, -0.05) is 51.1 Å². The monoisotopic (exact) mass is 564 g/mol. The molecule has 1 N–H and O–H groups in total. The highest BCUT2D eigenvalue weighted by atomic mass is 32.2. The van der Waals surface area contributed by atoms with Crippen LogP contribution in [0.5, 0.6) is 5.75 Å². The molecule has 2 fully saturated rings. The molecule has 3 heterocycles. The summed E-state index contributed by atoms with van der Waals surface area (Å²) in [6.07, 6.45) is 4.37. The van der Waals surface area contributed by atoms with E-state index in [-0.39, 0.29) is 28.6 Å². The van der Waals surface area contributed by atoms with Crippen molar-refractivity contribution in [2.75, 3.05) is 38.1 Å². The zero-order chi connectivity index (χ0) is 28.1. The first-order valence-electron chi connectivity index (χ1n) is 15.0. The molecule has 3 aliphatic heterocycles. The normalized spacial score (nSPS) is 21.9.